The highest BCUT2D eigenvalue weighted by Gasteiger charge is 2.17. The molecule has 0 saturated heterocycles. The number of benzene rings is 1. The molecule has 0 aliphatic rings. The summed E-state index contributed by atoms with van der Waals surface area (Å²) in [5.41, 5.74) is 2.41. The Hall–Kier alpha value is -1.74. The maximum atomic E-state index is 5.43. The Morgan fingerprint density at radius 1 is 1.21 bits per heavy atom. The lowest BCUT2D eigenvalue weighted by Crippen LogP contribution is -2.23. The van der Waals surface area contributed by atoms with Crippen LogP contribution in [-0.2, 0) is 0 Å². The fourth-order valence-electron chi connectivity index (χ4n) is 2.19. The Labute approximate surface area is 114 Å². The number of hydrogen-bond donors (Lipinski definition) is 1. The number of rotatable bonds is 6. The van der Waals surface area contributed by atoms with Gasteiger partial charge in [0, 0.05) is 5.56 Å². The third-order valence-corrected chi connectivity index (χ3v) is 3.26. The lowest BCUT2D eigenvalue weighted by molar-refractivity contribution is 0.414. The van der Waals surface area contributed by atoms with Gasteiger partial charge in [-0.1, -0.05) is 19.1 Å². The van der Waals surface area contributed by atoms with E-state index in [1.165, 1.54) is 11.1 Å². The summed E-state index contributed by atoms with van der Waals surface area (Å²) in [5, 5.41) is 3.57. The standard InChI is InChI=1S/C16H21NO2/c1-4-10-17-16(15-9-11-19-12(15)2)13-5-7-14(18-3)8-6-13/h5-9,11,16-17H,4,10H2,1-3H3. The Bertz CT molecular complexity index is 502. The minimum atomic E-state index is 0.171. The van der Waals surface area contributed by atoms with E-state index in [-0.39, 0.29) is 6.04 Å². The number of methoxy groups -OCH3 is 1. The van der Waals surface area contributed by atoms with Gasteiger partial charge in [-0.25, -0.2) is 0 Å². The van der Waals surface area contributed by atoms with Crippen molar-refractivity contribution in [1.82, 2.24) is 5.32 Å². The van der Waals surface area contributed by atoms with Crippen molar-refractivity contribution in [1.29, 1.82) is 0 Å². The predicted octanol–water partition coefficient (Wildman–Crippen LogP) is 3.69. The van der Waals surface area contributed by atoms with Crippen molar-refractivity contribution in [2.24, 2.45) is 0 Å². The van der Waals surface area contributed by atoms with E-state index in [4.69, 9.17) is 9.15 Å². The summed E-state index contributed by atoms with van der Waals surface area (Å²) in [4.78, 5) is 0. The lowest BCUT2D eigenvalue weighted by atomic mass is 9.99. The van der Waals surface area contributed by atoms with Crippen LogP contribution in [0.15, 0.2) is 41.0 Å². The minimum absolute atomic E-state index is 0.171. The van der Waals surface area contributed by atoms with Gasteiger partial charge in [-0.15, -0.1) is 0 Å². The first-order valence-corrected chi connectivity index (χ1v) is 6.67. The molecule has 1 N–H and O–H groups in total. The average Bonchev–Trinajstić information content (AvgIpc) is 2.86. The zero-order chi connectivity index (χ0) is 13.7. The largest absolute Gasteiger partial charge is 0.497 e. The zero-order valence-electron chi connectivity index (χ0n) is 11.8. The maximum absolute atomic E-state index is 5.43. The second-order valence-corrected chi connectivity index (χ2v) is 4.59. The average molecular weight is 259 g/mol. The summed E-state index contributed by atoms with van der Waals surface area (Å²) in [7, 11) is 1.68. The number of aryl methyl sites for hydroxylation is 1. The Morgan fingerprint density at radius 2 is 1.95 bits per heavy atom. The molecule has 2 aromatic rings. The van der Waals surface area contributed by atoms with E-state index in [1.54, 1.807) is 13.4 Å². The smallest absolute Gasteiger partial charge is 0.118 e. The molecule has 3 nitrogen and oxygen atoms in total. The summed E-state index contributed by atoms with van der Waals surface area (Å²) in [5.74, 6) is 1.84. The van der Waals surface area contributed by atoms with Gasteiger partial charge in [-0.3, -0.25) is 0 Å². The third kappa shape index (κ3) is 3.18. The minimum Gasteiger partial charge on any atom is -0.497 e. The highest BCUT2D eigenvalue weighted by atomic mass is 16.5. The molecular formula is C16H21NO2. The van der Waals surface area contributed by atoms with Crippen molar-refractivity contribution in [3.8, 4) is 5.75 Å². The molecule has 0 radical (unpaired) electrons. The Balaban J connectivity index is 2.28. The first-order chi connectivity index (χ1) is 9.26. The van der Waals surface area contributed by atoms with Crippen LogP contribution < -0.4 is 10.1 Å². The lowest BCUT2D eigenvalue weighted by Gasteiger charge is -2.19. The summed E-state index contributed by atoms with van der Waals surface area (Å²) < 4.78 is 10.6. The van der Waals surface area contributed by atoms with Crippen LogP contribution in [-0.4, -0.2) is 13.7 Å². The highest BCUT2D eigenvalue weighted by molar-refractivity contribution is 5.36. The number of nitrogens with one attached hydrogen (secondary N) is 1. The molecule has 1 aromatic heterocycles. The van der Waals surface area contributed by atoms with Crippen LogP contribution >= 0.6 is 0 Å². The van der Waals surface area contributed by atoms with Crippen molar-refractivity contribution in [2.75, 3.05) is 13.7 Å². The van der Waals surface area contributed by atoms with E-state index in [2.05, 4.69) is 24.4 Å². The van der Waals surface area contributed by atoms with E-state index < -0.39 is 0 Å². The van der Waals surface area contributed by atoms with Gasteiger partial charge in [0.05, 0.1) is 19.4 Å². The molecule has 2 rings (SSSR count). The molecule has 0 bridgehead atoms. The van der Waals surface area contributed by atoms with E-state index in [9.17, 15) is 0 Å². The summed E-state index contributed by atoms with van der Waals surface area (Å²) in [6.07, 6.45) is 2.85. The molecule has 1 aromatic carbocycles. The number of ether oxygens (including phenoxy) is 1. The quantitative estimate of drug-likeness (QED) is 0.859. The normalized spacial score (nSPS) is 12.4. The van der Waals surface area contributed by atoms with Gasteiger partial charge in [-0.05, 0) is 43.7 Å². The van der Waals surface area contributed by atoms with E-state index >= 15 is 0 Å². The summed E-state index contributed by atoms with van der Waals surface area (Å²) in [6.45, 7) is 5.14. The summed E-state index contributed by atoms with van der Waals surface area (Å²) >= 11 is 0. The monoisotopic (exact) mass is 259 g/mol. The fraction of sp³-hybridized carbons (Fsp3) is 0.375. The van der Waals surface area contributed by atoms with Crippen LogP contribution in [0.2, 0.25) is 0 Å². The molecule has 1 atom stereocenters. The van der Waals surface area contributed by atoms with Gasteiger partial charge in [0.25, 0.3) is 0 Å². The van der Waals surface area contributed by atoms with Crippen molar-refractivity contribution < 1.29 is 9.15 Å². The van der Waals surface area contributed by atoms with E-state index in [0.717, 1.165) is 24.5 Å². The first kappa shape index (κ1) is 13.7. The maximum Gasteiger partial charge on any atom is 0.118 e. The van der Waals surface area contributed by atoms with Gasteiger partial charge in [0.15, 0.2) is 0 Å². The van der Waals surface area contributed by atoms with Gasteiger partial charge in [0.1, 0.15) is 11.5 Å². The Kier molecular flexibility index (Phi) is 4.63. The van der Waals surface area contributed by atoms with Crippen LogP contribution in [0.5, 0.6) is 5.75 Å². The zero-order valence-corrected chi connectivity index (χ0v) is 11.8. The van der Waals surface area contributed by atoms with Crippen LogP contribution in [0.3, 0.4) is 0 Å². The van der Waals surface area contributed by atoms with Crippen molar-refractivity contribution in [3.63, 3.8) is 0 Å². The molecule has 19 heavy (non-hydrogen) atoms. The molecule has 0 saturated carbocycles. The van der Waals surface area contributed by atoms with E-state index in [1.807, 2.05) is 25.1 Å². The van der Waals surface area contributed by atoms with Gasteiger partial charge >= 0.3 is 0 Å². The molecule has 0 amide bonds. The van der Waals surface area contributed by atoms with Crippen molar-refractivity contribution in [2.45, 2.75) is 26.3 Å². The SMILES string of the molecule is CCCNC(c1ccc(OC)cc1)c1ccoc1C. The van der Waals surface area contributed by atoms with Crippen molar-refractivity contribution in [3.05, 3.63) is 53.5 Å². The molecule has 102 valence electrons. The fourth-order valence-corrected chi connectivity index (χ4v) is 2.19. The van der Waals surface area contributed by atoms with E-state index in [0.29, 0.717) is 0 Å². The van der Waals surface area contributed by atoms with Gasteiger partial charge in [-0.2, -0.15) is 0 Å². The molecular weight excluding hydrogens is 238 g/mol. The summed E-state index contributed by atoms with van der Waals surface area (Å²) in [6, 6.07) is 10.4. The van der Waals surface area contributed by atoms with Gasteiger partial charge in [0.2, 0.25) is 0 Å². The molecule has 0 spiro atoms. The molecule has 0 aliphatic heterocycles. The molecule has 0 aliphatic carbocycles. The third-order valence-electron chi connectivity index (χ3n) is 3.26. The predicted molar refractivity (Wildman–Crippen MR) is 76.6 cm³/mol. The van der Waals surface area contributed by atoms with Crippen LogP contribution in [0, 0.1) is 6.92 Å². The molecule has 1 unspecified atom stereocenters. The highest BCUT2D eigenvalue weighted by Crippen LogP contribution is 2.27. The second-order valence-electron chi connectivity index (χ2n) is 4.59. The van der Waals surface area contributed by atoms with Crippen LogP contribution in [0.1, 0.15) is 36.3 Å². The van der Waals surface area contributed by atoms with Crippen molar-refractivity contribution >= 4 is 0 Å². The number of hydrogen-bond acceptors (Lipinski definition) is 3. The first-order valence-electron chi connectivity index (χ1n) is 6.67. The molecule has 1 heterocycles. The second kappa shape index (κ2) is 6.43. The number of furan rings is 1. The van der Waals surface area contributed by atoms with Gasteiger partial charge < -0.3 is 14.5 Å². The molecule has 3 heteroatoms. The van der Waals surface area contributed by atoms with Crippen LogP contribution in [0.25, 0.3) is 0 Å². The topological polar surface area (TPSA) is 34.4 Å². The molecule has 0 fully saturated rings. The van der Waals surface area contributed by atoms with Crippen LogP contribution in [0.4, 0.5) is 0 Å². The Morgan fingerprint density at radius 3 is 2.47 bits per heavy atom.